The second-order valence-corrected chi connectivity index (χ2v) is 11.5. The normalized spacial score (nSPS) is 18.8. The summed E-state index contributed by atoms with van der Waals surface area (Å²) in [6, 6.07) is 13.0. The smallest absolute Gasteiger partial charge is 0.243 e. The molecular weight excluding hydrogens is 509 g/mol. The summed E-state index contributed by atoms with van der Waals surface area (Å²) in [5, 5.41) is 0.874. The second-order valence-electron chi connectivity index (χ2n) is 9.54. The number of amides is 1. The fraction of sp³-hybridized carbons (Fsp3) is 0.296. The minimum atomic E-state index is -3.71. The van der Waals surface area contributed by atoms with E-state index in [-0.39, 0.29) is 29.1 Å². The minimum Gasteiger partial charge on any atom is -0.444 e. The lowest BCUT2D eigenvalue weighted by molar-refractivity contribution is -0.135. The van der Waals surface area contributed by atoms with Crippen LogP contribution < -0.4 is 4.90 Å². The third kappa shape index (κ3) is 4.52. The van der Waals surface area contributed by atoms with Gasteiger partial charge >= 0.3 is 0 Å². The van der Waals surface area contributed by atoms with Crippen LogP contribution in [0.15, 0.2) is 76.6 Å². The molecule has 2 aromatic carbocycles. The summed E-state index contributed by atoms with van der Waals surface area (Å²) < 4.78 is 46.8. The van der Waals surface area contributed by atoms with E-state index in [1.54, 1.807) is 42.7 Å². The molecule has 6 rings (SSSR count). The SMILES string of the molecule is O=C(C1CCN(S(=O)(=O)c2ccc(-c3cnco3)cc2)C1)N1CCN(c2ccnc3cc(F)ccc23)CC1. The number of halogens is 1. The highest BCUT2D eigenvalue weighted by Gasteiger charge is 2.38. The van der Waals surface area contributed by atoms with E-state index in [4.69, 9.17) is 4.42 Å². The van der Waals surface area contributed by atoms with Gasteiger partial charge in [-0.2, -0.15) is 4.31 Å². The molecule has 2 saturated heterocycles. The molecule has 2 aliphatic heterocycles. The lowest BCUT2D eigenvalue weighted by Gasteiger charge is -2.37. The maximum absolute atomic E-state index is 13.6. The average molecular weight is 536 g/mol. The minimum absolute atomic E-state index is 0.00956. The van der Waals surface area contributed by atoms with Crippen LogP contribution in [0.25, 0.3) is 22.2 Å². The molecule has 0 bridgehead atoms. The van der Waals surface area contributed by atoms with Gasteiger partial charge in [0.2, 0.25) is 15.9 Å². The topological polar surface area (TPSA) is 99.8 Å². The largest absolute Gasteiger partial charge is 0.444 e. The average Bonchev–Trinajstić information content (AvgIpc) is 3.66. The van der Waals surface area contributed by atoms with Crippen molar-refractivity contribution >= 4 is 32.5 Å². The van der Waals surface area contributed by atoms with Gasteiger partial charge in [-0.1, -0.05) is 0 Å². The first-order valence-corrected chi connectivity index (χ1v) is 13.9. The summed E-state index contributed by atoms with van der Waals surface area (Å²) in [5.74, 6) is -0.139. The molecule has 0 saturated carbocycles. The number of benzene rings is 2. The van der Waals surface area contributed by atoms with Gasteiger partial charge < -0.3 is 14.2 Å². The maximum Gasteiger partial charge on any atom is 0.243 e. The molecule has 196 valence electrons. The number of oxazole rings is 1. The second kappa shape index (κ2) is 9.80. The predicted octanol–water partition coefficient (Wildman–Crippen LogP) is 3.39. The molecule has 9 nitrogen and oxygen atoms in total. The third-order valence-electron chi connectivity index (χ3n) is 7.32. The highest BCUT2D eigenvalue weighted by molar-refractivity contribution is 7.89. The number of anilines is 1. The van der Waals surface area contributed by atoms with Crippen molar-refractivity contribution < 1.29 is 22.0 Å². The number of hydrogen-bond donors (Lipinski definition) is 0. The van der Waals surface area contributed by atoms with E-state index in [0.717, 1.165) is 16.6 Å². The summed E-state index contributed by atoms with van der Waals surface area (Å²) in [6.07, 6.45) is 5.06. The highest BCUT2D eigenvalue weighted by atomic mass is 32.2. The van der Waals surface area contributed by atoms with Gasteiger partial charge in [0.05, 0.1) is 22.5 Å². The number of pyridine rings is 1. The van der Waals surface area contributed by atoms with Crippen LogP contribution >= 0.6 is 0 Å². The zero-order valence-electron chi connectivity index (χ0n) is 20.5. The number of carbonyl (C=O) groups is 1. The van der Waals surface area contributed by atoms with Crippen molar-refractivity contribution in [3.05, 3.63) is 73.1 Å². The first-order valence-electron chi connectivity index (χ1n) is 12.5. The Hall–Kier alpha value is -3.83. The fourth-order valence-electron chi connectivity index (χ4n) is 5.25. The van der Waals surface area contributed by atoms with Crippen molar-refractivity contribution in [2.75, 3.05) is 44.2 Å². The number of carbonyl (C=O) groups excluding carboxylic acids is 1. The molecular formula is C27H26FN5O4S. The number of sulfonamides is 1. The molecule has 4 heterocycles. The molecule has 1 atom stereocenters. The molecule has 0 N–H and O–H groups in total. The van der Waals surface area contributed by atoms with Crippen LogP contribution in [0.1, 0.15) is 6.42 Å². The summed E-state index contributed by atoms with van der Waals surface area (Å²) in [6.45, 7) is 2.82. The first-order chi connectivity index (χ1) is 18.4. The molecule has 2 aromatic heterocycles. The van der Waals surface area contributed by atoms with E-state index in [1.165, 1.54) is 22.8 Å². The summed E-state index contributed by atoms with van der Waals surface area (Å²) in [5.41, 5.74) is 2.30. The van der Waals surface area contributed by atoms with Crippen LogP contribution in [0.5, 0.6) is 0 Å². The number of hydrogen-bond acceptors (Lipinski definition) is 7. The van der Waals surface area contributed by atoms with Crippen LogP contribution in [0.3, 0.4) is 0 Å². The van der Waals surface area contributed by atoms with E-state index < -0.39 is 10.0 Å². The van der Waals surface area contributed by atoms with Gasteiger partial charge in [-0.15, -0.1) is 0 Å². The van der Waals surface area contributed by atoms with Gasteiger partial charge in [0, 0.05) is 68.2 Å². The molecule has 1 amide bonds. The molecule has 0 aliphatic carbocycles. The van der Waals surface area contributed by atoms with Crippen molar-refractivity contribution in [2.24, 2.45) is 5.92 Å². The van der Waals surface area contributed by atoms with Crippen LogP contribution in [-0.2, 0) is 14.8 Å². The Kier molecular flexibility index (Phi) is 6.32. The van der Waals surface area contributed by atoms with E-state index in [9.17, 15) is 17.6 Å². The first kappa shape index (κ1) is 24.5. The number of aromatic nitrogens is 2. The number of rotatable bonds is 5. The van der Waals surface area contributed by atoms with E-state index in [2.05, 4.69) is 14.9 Å². The van der Waals surface area contributed by atoms with Crippen molar-refractivity contribution in [3.63, 3.8) is 0 Å². The van der Waals surface area contributed by atoms with Crippen molar-refractivity contribution in [2.45, 2.75) is 11.3 Å². The Morgan fingerprint density at radius 3 is 2.53 bits per heavy atom. The Balaban J connectivity index is 1.09. The lowest BCUT2D eigenvalue weighted by atomic mass is 10.1. The summed E-state index contributed by atoms with van der Waals surface area (Å²) in [7, 11) is -3.71. The Labute approximate surface area is 219 Å². The van der Waals surface area contributed by atoms with Crippen LogP contribution in [0.4, 0.5) is 10.1 Å². The zero-order chi connectivity index (χ0) is 26.3. The zero-order valence-corrected chi connectivity index (χ0v) is 21.3. The summed E-state index contributed by atoms with van der Waals surface area (Å²) >= 11 is 0. The van der Waals surface area contributed by atoms with Crippen molar-refractivity contribution in [3.8, 4) is 11.3 Å². The van der Waals surface area contributed by atoms with Crippen LogP contribution in [0.2, 0.25) is 0 Å². The molecule has 38 heavy (non-hydrogen) atoms. The van der Waals surface area contributed by atoms with Gasteiger partial charge in [-0.3, -0.25) is 9.78 Å². The molecule has 4 aromatic rings. The third-order valence-corrected chi connectivity index (χ3v) is 9.20. The Bertz CT molecular complexity index is 1570. The quantitative estimate of drug-likeness (QED) is 0.386. The van der Waals surface area contributed by atoms with Crippen LogP contribution in [0, 0.1) is 11.7 Å². The maximum atomic E-state index is 13.6. The van der Waals surface area contributed by atoms with Gasteiger partial charge in [-0.05, 0) is 48.9 Å². The molecule has 1 unspecified atom stereocenters. The Morgan fingerprint density at radius 2 is 1.79 bits per heavy atom. The van der Waals surface area contributed by atoms with Gasteiger partial charge in [0.15, 0.2) is 12.2 Å². The van der Waals surface area contributed by atoms with Gasteiger partial charge in [0.25, 0.3) is 0 Å². The van der Waals surface area contributed by atoms with Crippen molar-refractivity contribution in [1.82, 2.24) is 19.2 Å². The molecule has 11 heteroatoms. The van der Waals surface area contributed by atoms with E-state index in [1.807, 2.05) is 11.0 Å². The predicted molar refractivity (Wildman–Crippen MR) is 139 cm³/mol. The number of fused-ring (bicyclic) bond motifs is 1. The highest BCUT2D eigenvalue weighted by Crippen LogP contribution is 2.30. The fourth-order valence-corrected chi connectivity index (χ4v) is 6.75. The lowest BCUT2D eigenvalue weighted by Crippen LogP contribution is -2.50. The van der Waals surface area contributed by atoms with Gasteiger partial charge in [-0.25, -0.2) is 17.8 Å². The standard InChI is InChI=1S/C27H26FN5O4S/c28-21-3-6-23-24(15-21)30-9-7-25(23)31-11-13-32(14-12-31)27(34)20-8-10-33(17-20)38(35,36)22-4-1-19(2-5-22)26-16-29-18-37-26/h1-7,9,15-16,18,20H,8,10-14,17H2. The number of piperazine rings is 1. The molecule has 0 spiro atoms. The van der Waals surface area contributed by atoms with Crippen LogP contribution in [-0.4, -0.2) is 72.8 Å². The Morgan fingerprint density at radius 1 is 1.00 bits per heavy atom. The molecule has 2 aliphatic rings. The van der Waals surface area contributed by atoms with E-state index >= 15 is 0 Å². The monoisotopic (exact) mass is 535 g/mol. The molecule has 0 radical (unpaired) electrons. The summed E-state index contributed by atoms with van der Waals surface area (Å²) in [4.78, 5) is 25.6. The molecule has 2 fully saturated rings. The van der Waals surface area contributed by atoms with E-state index in [0.29, 0.717) is 50.4 Å². The van der Waals surface area contributed by atoms with Gasteiger partial charge in [0.1, 0.15) is 5.82 Å². The van der Waals surface area contributed by atoms with Crippen molar-refractivity contribution in [1.29, 1.82) is 0 Å². The number of nitrogens with zero attached hydrogens (tertiary/aromatic N) is 5.